The summed E-state index contributed by atoms with van der Waals surface area (Å²) >= 11 is 0. The van der Waals surface area contributed by atoms with Gasteiger partial charge in [-0.2, -0.15) is 0 Å². The van der Waals surface area contributed by atoms with E-state index in [9.17, 15) is 14.7 Å². The number of carbonyl (C=O) groups excluding carboxylic acids is 1. The average Bonchev–Trinajstić information content (AvgIpc) is 2.67. The standard InChI is InChI=1S/C13H21NO5/c1-12(2,3)19-11(17)14-7-9-13(8-14,10(15)16)5-4-6-18-9/h9H,4-8H2,1-3H3,(H,15,16). The van der Waals surface area contributed by atoms with Gasteiger partial charge >= 0.3 is 12.1 Å². The molecule has 0 aliphatic carbocycles. The SMILES string of the molecule is CC(C)(C)OC(=O)N1CC2OCCCC2(C(=O)O)C1. The molecule has 0 aromatic rings. The van der Waals surface area contributed by atoms with Gasteiger partial charge in [0.1, 0.15) is 11.0 Å². The van der Waals surface area contributed by atoms with Gasteiger partial charge in [-0.05, 0) is 33.6 Å². The van der Waals surface area contributed by atoms with E-state index in [1.165, 1.54) is 4.90 Å². The molecular formula is C13H21NO5. The maximum Gasteiger partial charge on any atom is 0.410 e. The number of aliphatic carboxylic acids is 1. The van der Waals surface area contributed by atoms with Crippen LogP contribution in [0.2, 0.25) is 0 Å². The predicted octanol–water partition coefficient (Wildman–Crippen LogP) is 1.49. The summed E-state index contributed by atoms with van der Waals surface area (Å²) in [6, 6.07) is 0. The quantitative estimate of drug-likeness (QED) is 0.782. The normalized spacial score (nSPS) is 30.9. The Balaban J connectivity index is 2.11. The van der Waals surface area contributed by atoms with E-state index in [0.29, 0.717) is 26.0 Å². The first-order chi connectivity index (χ1) is 8.74. The number of fused-ring (bicyclic) bond motifs is 1. The molecule has 0 radical (unpaired) electrons. The lowest BCUT2D eigenvalue weighted by atomic mass is 9.79. The van der Waals surface area contributed by atoms with Crippen molar-refractivity contribution in [2.45, 2.75) is 45.3 Å². The molecule has 0 aromatic heterocycles. The number of hydrogen-bond acceptors (Lipinski definition) is 4. The number of amides is 1. The summed E-state index contributed by atoms with van der Waals surface area (Å²) in [5, 5.41) is 9.47. The molecule has 1 amide bonds. The zero-order valence-corrected chi connectivity index (χ0v) is 11.6. The second-order valence-electron chi connectivity index (χ2n) is 6.29. The summed E-state index contributed by atoms with van der Waals surface area (Å²) in [5.41, 5.74) is -1.54. The molecule has 2 saturated heterocycles. The molecule has 0 saturated carbocycles. The Hall–Kier alpha value is -1.30. The lowest BCUT2D eigenvalue weighted by Gasteiger charge is -2.33. The number of likely N-dealkylation sites (tertiary alicyclic amines) is 1. The first-order valence-corrected chi connectivity index (χ1v) is 6.57. The molecule has 6 heteroatoms. The summed E-state index contributed by atoms with van der Waals surface area (Å²) in [6.07, 6.45) is 0.370. The van der Waals surface area contributed by atoms with E-state index in [1.54, 1.807) is 20.8 Å². The summed E-state index contributed by atoms with van der Waals surface area (Å²) in [5.74, 6) is -0.886. The van der Waals surface area contributed by atoms with E-state index in [1.807, 2.05) is 0 Å². The molecule has 2 heterocycles. The highest BCUT2D eigenvalue weighted by Gasteiger charge is 2.56. The van der Waals surface area contributed by atoms with Gasteiger partial charge in [-0.1, -0.05) is 0 Å². The van der Waals surface area contributed by atoms with Gasteiger partial charge in [-0.3, -0.25) is 4.79 Å². The van der Waals surface area contributed by atoms with Crippen molar-refractivity contribution in [2.75, 3.05) is 19.7 Å². The number of nitrogens with zero attached hydrogens (tertiary/aromatic N) is 1. The van der Waals surface area contributed by atoms with Crippen LogP contribution in [0.3, 0.4) is 0 Å². The van der Waals surface area contributed by atoms with Gasteiger partial charge in [-0.15, -0.1) is 0 Å². The van der Waals surface area contributed by atoms with Crippen molar-refractivity contribution < 1.29 is 24.2 Å². The fourth-order valence-electron chi connectivity index (χ4n) is 2.73. The van der Waals surface area contributed by atoms with Crippen LogP contribution >= 0.6 is 0 Å². The minimum atomic E-state index is -0.963. The third kappa shape index (κ3) is 2.68. The first kappa shape index (κ1) is 14.1. The third-order valence-corrected chi connectivity index (χ3v) is 3.64. The van der Waals surface area contributed by atoms with Crippen LogP contribution in [0.15, 0.2) is 0 Å². The van der Waals surface area contributed by atoms with E-state index < -0.39 is 29.2 Å². The fourth-order valence-corrected chi connectivity index (χ4v) is 2.73. The van der Waals surface area contributed by atoms with Crippen LogP contribution in [0.4, 0.5) is 4.79 Å². The molecule has 2 rings (SSSR count). The van der Waals surface area contributed by atoms with Crippen LogP contribution in [0.1, 0.15) is 33.6 Å². The smallest absolute Gasteiger partial charge is 0.410 e. The van der Waals surface area contributed by atoms with Gasteiger partial charge in [0, 0.05) is 13.2 Å². The predicted molar refractivity (Wildman–Crippen MR) is 66.8 cm³/mol. The van der Waals surface area contributed by atoms with Crippen LogP contribution in [-0.4, -0.2) is 53.5 Å². The Labute approximate surface area is 112 Å². The van der Waals surface area contributed by atoms with Crippen molar-refractivity contribution in [1.29, 1.82) is 0 Å². The molecule has 2 aliphatic rings. The third-order valence-electron chi connectivity index (χ3n) is 3.64. The van der Waals surface area contributed by atoms with Crippen molar-refractivity contribution in [2.24, 2.45) is 5.41 Å². The summed E-state index contributed by atoms with van der Waals surface area (Å²) in [7, 11) is 0. The molecule has 108 valence electrons. The van der Waals surface area contributed by atoms with E-state index in [0.717, 1.165) is 0 Å². The van der Waals surface area contributed by atoms with Crippen molar-refractivity contribution in [3.8, 4) is 0 Å². The molecule has 2 unspecified atom stereocenters. The Morgan fingerprint density at radius 2 is 2.11 bits per heavy atom. The molecule has 2 aliphatic heterocycles. The van der Waals surface area contributed by atoms with E-state index in [4.69, 9.17) is 9.47 Å². The molecular weight excluding hydrogens is 250 g/mol. The van der Waals surface area contributed by atoms with Gasteiger partial charge in [0.25, 0.3) is 0 Å². The number of carboxylic acids is 1. The molecule has 2 fully saturated rings. The largest absolute Gasteiger partial charge is 0.481 e. The second-order valence-corrected chi connectivity index (χ2v) is 6.29. The summed E-state index contributed by atoms with van der Waals surface area (Å²) in [4.78, 5) is 25.0. The van der Waals surface area contributed by atoms with Crippen molar-refractivity contribution in [3.05, 3.63) is 0 Å². The fraction of sp³-hybridized carbons (Fsp3) is 0.846. The Morgan fingerprint density at radius 1 is 1.42 bits per heavy atom. The second kappa shape index (κ2) is 4.67. The van der Waals surface area contributed by atoms with Crippen molar-refractivity contribution in [1.82, 2.24) is 4.90 Å². The van der Waals surface area contributed by atoms with Crippen LogP contribution in [-0.2, 0) is 14.3 Å². The Morgan fingerprint density at radius 3 is 2.63 bits per heavy atom. The minimum Gasteiger partial charge on any atom is -0.481 e. The van der Waals surface area contributed by atoms with E-state index in [-0.39, 0.29) is 6.54 Å². The van der Waals surface area contributed by atoms with Gasteiger partial charge in [0.15, 0.2) is 0 Å². The number of carbonyl (C=O) groups is 2. The molecule has 0 bridgehead atoms. The summed E-state index contributed by atoms with van der Waals surface area (Å²) < 4.78 is 10.8. The van der Waals surface area contributed by atoms with Crippen molar-refractivity contribution >= 4 is 12.1 Å². The topological polar surface area (TPSA) is 76.1 Å². The number of carboxylic acid groups (broad SMARTS) is 1. The summed E-state index contributed by atoms with van der Waals surface area (Å²) in [6.45, 7) is 6.39. The zero-order chi connectivity index (χ0) is 14.3. The van der Waals surface area contributed by atoms with Crippen molar-refractivity contribution in [3.63, 3.8) is 0 Å². The van der Waals surface area contributed by atoms with Crippen LogP contribution in [0, 0.1) is 5.41 Å². The van der Waals surface area contributed by atoms with Gasteiger partial charge < -0.3 is 19.5 Å². The van der Waals surface area contributed by atoms with Gasteiger partial charge in [0.05, 0.1) is 12.6 Å². The zero-order valence-electron chi connectivity index (χ0n) is 11.6. The number of ether oxygens (including phenoxy) is 2. The molecule has 0 aromatic carbocycles. The lowest BCUT2D eigenvalue weighted by Crippen LogP contribution is -2.46. The monoisotopic (exact) mass is 271 g/mol. The lowest BCUT2D eigenvalue weighted by molar-refractivity contribution is -0.161. The molecule has 2 atom stereocenters. The molecule has 19 heavy (non-hydrogen) atoms. The van der Waals surface area contributed by atoms with Gasteiger partial charge in [0.2, 0.25) is 0 Å². The highest BCUT2D eigenvalue weighted by molar-refractivity contribution is 5.79. The molecule has 0 spiro atoms. The minimum absolute atomic E-state index is 0.169. The van der Waals surface area contributed by atoms with Gasteiger partial charge in [-0.25, -0.2) is 4.79 Å². The Bertz CT molecular complexity index is 389. The highest BCUT2D eigenvalue weighted by atomic mass is 16.6. The molecule has 1 N–H and O–H groups in total. The van der Waals surface area contributed by atoms with E-state index >= 15 is 0 Å². The Kier molecular flexibility index (Phi) is 3.47. The average molecular weight is 271 g/mol. The van der Waals surface area contributed by atoms with Crippen LogP contribution in [0.5, 0.6) is 0 Å². The van der Waals surface area contributed by atoms with Crippen LogP contribution in [0.25, 0.3) is 0 Å². The van der Waals surface area contributed by atoms with E-state index in [2.05, 4.69) is 0 Å². The molecule has 6 nitrogen and oxygen atoms in total. The first-order valence-electron chi connectivity index (χ1n) is 6.57. The number of hydrogen-bond donors (Lipinski definition) is 1. The maximum atomic E-state index is 12.0. The maximum absolute atomic E-state index is 12.0. The van der Waals surface area contributed by atoms with Crippen LogP contribution < -0.4 is 0 Å². The highest BCUT2D eigenvalue weighted by Crippen LogP contribution is 2.41. The number of rotatable bonds is 1.